The highest BCUT2D eigenvalue weighted by Gasteiger charge is 2.38. The lowest BCUT2D eigenvalue weighted by atomic mass is 10.1. The molecule has 31 heavy (non-hydrogen) atoms. The fourth-order valence-corrected chi connectivity index (χ4v) is 4.54. The van der Waals surface area contributed by atoms with Crippen molar-refractivity contribution in [2.24, 2.45) is 0 Å². The van der Waals surface area contributed by atoms with E-state index in [2.05, 4.69) is 15.0 Å². The Labute approximate surface area is 180 Å². The molecule has 1 aromatic carbocycles. The van der Waals surface area contributed by atoms with Gasteiger partial charge in [-0.3, -0.25) is 14.5 Å². The lowest BCUT2D eigenvalue weighted by Crippen LogP contribution is -2.53. The van der Waals surface area contributed by atoms with Gasteiger partial charge in [-0.05, 0) is 31.0 Å². The molecule has 1 atom stereocenters. The molecule has 4 heterocycles. The number of carbonyl (C=O) groups excluding carboxylic acids is 2. The molecule has 0 N–H and O–H groups in total. The van der Waals surface area contributed by atoms with Crippen molar-refractivity contribution in [2.45, 2.75) is 25.8 Å². The van der Waals surface area contributed by atoms with E-state index in [-0.39, 0.29) is 17.9 Å². The van der Waals surface area contributed by atoms with Crippen LogP contribution in [-0.4, -0.2) is 70.5 Å². The average Bonchev–Trinajstić information content (AvgIpc) is 3.42. The number of rotatable bonds is 4. The van der Waals surface area contributed by atoms with Crippen LogP contribution in [0.1, 0.15) is 29.4 Å². The van der Waals surface area contributed by atoms with Crippen LogP contribution in [0.15, 0.2) is 47.1 Å². The zero-order valence-electron chi connectivity index (χ0n) is 17.5. The van der Waals surface area contributed by atoms with E-state index in [1.165, 1.54) is 0 Å². The summed E-state index contributed by atoms with van der Waals surface area (Å²) in [4.78, 5) is 36.2. The van der Waals surface area contributed by atoms with Crippen LogP contribution in [0.2, 0.25) is 0 Å². The maximum atomic E-state index is 13.0. The molecule has 160 valence electrons. The normalized spacial score (nSPS) is 20.0. The molecule has 2 aliphatic rings. The minimum Gasteiger partial charge on any atom is -0.336 e. The van der Waals surface area contributed by atoms with E-state index in [9.17, 15) is 9.59 Å². The van der Waals surface area contributed by atoms with Gasteiger partial charge < -0.3 is 14.3 Å². The largest absolute Gasteiger partial charge is 0.336 e. The second-order valence-electron chi connectivity index (χ2n) is 8.02. The number of para-hydroxylation sites is 1. The number of pyridine rings is 1. The molecule has 2 aromatic heterocycles. The van der Waals surface area contributed by atoms with E-state index in [0.29, 0.717) is 37.5 Å². The van der Waals surface area contributed by atoms with Gasteiger partial charge >= 0.3 is 0 Å². The maximum absolute atomic E-state index is 13.0. The van der Waals surface area contributed by atoms with Crippen molar-refractivity contribution in [1.29, 1.82) is 0 Å². The van der Waals surface area contributed by atoms with Crippen LogP contribution < -0.4 is 4.90 Å². The van der Waals surface area contributed by atoms with Gasteiger partial charge in [-0.25, -0.2) is 4.98 Å². The lowest BCUT2D eigenvalue weighted by molar-refractivity contribution is -0.122. The zero-order chi connectivity index (χ0) is 21.4. The molecule has 8 heteroatoms. The van der Waals surface area contributed by atoms with E-state index in [4.69, 9.17) is 4.52 Å². The van der Waals surface area contributed by atoms with E-state index in [1.807, 2.05) is 53.1 Å². The van der Waals surface area contributed by atoms with Gasteiger partial charge in [-0.2, -0.15) is 0 Å². The minimum atomic E-state index is -0.111. The molecule has 0 saturated carbocycles. The van der Waals surface area contributed by atoms with Crippen molar-refractivity contribution in [3.05, 3.63) is 53.9 Å². The van der Waals surface area contributed by atoms with Crippen LogP contribution in [0, 0.1) is 0 Å². The highest BCUT2D eigenvalue weighted by atomic mass is 16.5. The second kappa shape index (κ2) is 8.11. The number of hydrogen-bond donors (Lipinski definition) is 0. The third-order valence-electron chi connectivity index (χ3n) is 6.27. The lowest BCUT2D eigenvalue weighted by Gasteiger charge is -2.37. The second-order valence-corrected chi connectivity index (χ2v) is 8.02. The van der Waals surface area contributed by atoms with Gasteiger partial charge in [0.1, 0.15) is 0 Å². The van der Waals surface area contributed by atoms with Crippen LogP contribution in [0.4, 0.5) is 5.69 Å². The van der Waals surface area contributed by atoms with Gasteiger partial charge in [-0.15, -0.1) is 0 Å². The first kappa shape index (κ1) is 19.7. The number of aryl methyl sites for hydroxylation is 1. The molecule has 8 nitrogen and oxygen atoms in total. The minimum absolute atomic E-state index is 0.0408. The van der Waals surface area contributed by atoms with Crippen LogP contribution in [0.3, 0.4) is 0 Å². The van der Waals surface area contributed by atoms with Crippen LogP contribution in [-0.2, 0) is 11.2 Å². The van der Waals surface area contributed by atoms with Crippen molar-refractivity contribution in [3.8, 4) is 0 Å². The van der Waals surface area contributed by atoms with Crippen molar-refractivity contribution >= 4 is 28.6 Å². The number of nitrogens with zero attached hydrogens (tertiary/aromatic N) is 5. The summed E-state index contributed by atoms with van der Waals surface area (Å²) in [6.07, 6.45) is 3.09. The molecule has 0 aliphatic carbocycles. The quantitative estimate of drug-likeness (QED) is 0.646. The van der Waals surface area contributed by atoms with Gasteiger partial charge in [0.05, 0.1) is 22.7 Å². The highest BCUT2D eigenvalue weighted by molar-refractivity contribution is 5.99. The summed E-state index contributed by atoms with van der Waals surface area (Å²) in [5.41, 5.74) is 2.77. The van der Waals surface area contributed by atoms with E-state index in [0.717, 1.165) is 36.2 Å². The van der Waals surface area contributed by atoms with E-state index >= 15 is 0 Å². The Morgan fingerprint density at radius 3 is 2.65 bits per heavy atom. The SMILES string of the molecule is CCc1noc2ncc(C(=O)N3CCN(C4CCN(c5ccccc5)C4=O)CC3)cc12. The number of carbonyl (C=O) groups is 2. The number of benzene rings is 1. The molecule has 2 aliphatic heterocycles. The van der Waals surface area contributed by atoms with Crippen LogP contribution in [0.5, 0.6) is 0 Å². The maximum Gasteiger partial charge on any atom is 0.257 e. The Morgan fingerprint density at radius 1 is 1.13 bits per heavy atom. The summed E-state index contributed by atoms with van der Waals surface area (Å²) in [7, 11) is 0. The number of anilines is 1. The average molecular weight is 419 g/mol. The van der Waals surface area contributed by atoms with Crippen molar-refractivity contribution in [2.75, 3.05) is 37.6 Å². The first-order valence-electron chi connectivity index (χ1n) is 10.8. The molecule has 2 saturated heterocycles. The standard InChI is InChI=1S/C23H25N5O3/c1-2-19-18-14-16(15-24-21(18)31-25-19)22(29)27-12-10-26(11-13-27)20-8-9-28(23(20)30)17-6-4-3-5-7-17/h3-7,14-15,20H,2,8-13H2,1H3. The molecule has 0 spiro atoms. The third-order valence-corrected chi connectivity index (χ3v) is 6.27. The molecule has 2 amide bonds. The number of amides is 2. The smallest absolute Gasteiger partial charge is 0.257 e. The van der Waals surface area contributed by atoms with Gasteiger partial charge in [0.2, 0.25) is 5.91 Å². The van der Waals surface area contributed by atoms with Crippen molar-refractivity contribution < 1.29 is 14.1 Å². The number of hydrogen-bond acceptors (Lipinski definition) is 6. The van der Waals surface area contributed by atoms with Gasteiger partial charge in [0.15, 0.2) is 0 Å². The topological polar surface area (TPSA) is 82.8 Å². The molecule has 2 fully saturated rings. The fraction of sp³-hybridized carbons (Fsp3) is 0.391. The Morgan fingerprint density at radius 2 is 1.90 bits per heavy atom. The number of piperazine rings is 1. The number of aromatic nitrogens is 2. The Kier molecular flexibility index (Phi) is 5.15. The zero-order valence-corrected chi connectivity index (χ0v) is 17.5. The molecule has 3 aromatic rings. The van der Waals surface area contributed by atoms with Crippen molar-refractivity contribution in [3.63, 3.8) is 0 Å². The Balaban J connectivity index is 1.23. The van der Waals surface area contributed by atoms with Crippen molar-refractivity contribution in [1.82, 2.24) is 19.9 Å². The molecule has 0 radical (unpaired) electrons. The predicted molar refractivity (Wildman–Crippen MR) is 116 cm³/mol. The molecule has 0 bridgehead atoms. The molecule has 1 unspecified atom stereocenters. The summed E-state index contributed by atoms with van der Waals surface area (Å²) in [6, 6.07) is 11.5. The first-order chi connectivity index (χ1) is 15.2. The summed E-state index contributed by atoms with van der Waals surface area (Å²) in [5, 5.41) is 4.81. The molecular weight excluding hydrogens is 394 g/mol. The van der Waals surface area contributed by atoms with Crippen LogP contribution in [0.25, 0.3) is 11.1 Å². The monoisotopic (exact) mass is 419 g/mol. The Bertz CT molecular complexity index is 1100. The van der Waals surface area contributed by atoms with E-state index < -0.39 is 0 Å². The van der Waals surface area contributed by atoms with Gasteiger partial charge in [0.25, 0.3) is 11.6 Å². The highest BCUT2D eigenvalue weighted by Crippen LogP contribution is 2.25. The molecular formula is C23H25N5O3. The van der Waals surface area contributed by atoms with E-state index in [1.54, 1.807) is 6.20 Å². The number of fused-ring (bicyclic) bond motifs is 1. The third kappa shape index (κ3) is 3.57. The van der Waals surface area contributed by atoms with Gasteiger partial charge in [-0.1, -0.05) is 30.3 Å². The first-order valence-corrected chi connectivity index (χ1v) is 10.8. The van der Waals surface area contributed by atoms with Crippen LogP contribution >= 0.6 is 0 Å². The summed E-state index contributed by atoms with van der Waals surface area (Å²) < 4.78 is 5.21. The van der Waals surface area contributed by atoms with Gasteiger partial charge in [0, 0.05) is 44.6 Å². The summed E-state index contributed by atoms with van der Waals surface area (Å²) in [6.45, 7) is 5.29. The summed E-state index contributed by atoms with van der Waals surface area (Å²) in [5.74, 6) is 0.112. The molecule has 5 rings (SSSR count). The predicted octanol–water partition coefficient (Wildman–Crippen LogP) is 2.35. The Hall–Kier alpha value is -3.26. The summed E-state index contributed by atoms with van der Waals surface area (Å²) >= 11 is 0. The fourth-order valence-electron chi connectivity index (χ4n) is 4.54.